The molecule has 100 valence electrons. The molecular weight excluding hydrogens is 282 g/mol. The standard InChI is InChI=1S/C13H14ClN3OS/c1-8-10(12(14)17(2)16-8)7-18-11-6-4-3-5-9(11)13(15)19/h3-6H,7H2,1-2H3,(H2,15,19). The number of nitrogens with zero attached hydrogens (tertiary/aromatic N) is 2. The summed E-state index contributed by atoms with van der Waals surface area (Å²) >= 11 is 11.1. The molecule has 6 heteroatoms. The summed E-state index contributed by atoms with van der Waals surface area (Å²) in [5.74, 6) is 0.648. The van der Waals surface area contributed by atoms with Crippen LogP contribution in [0, 0.1) is 6.92 Å². The number of benzene rings is 1. The molecule has 1 aromatic carbocycles. The average Bonchev–Trinajstić information content (AvgIpc) is 2.61. The smallest absolute Gasteiger partial charge is 0.133 e. The Morgan fingerprint density at radius 2 is 2.16 bits per heavy atom. The van der Waals surface area contributed by atoms with Crippen LogP contribution in [0.3, 0.4) is 0 Å². The molecule has 0 aliphatic carbocycles. The van der Waals surface area contributed by atoms with Crippen molar-refractivity contribution in [3.05, 3.63) is 46.2 Å². The molecule has 2 N–H and O–H groups in total. The molecule has 0 saturated heterocycles. The zero-order valence-electron chi connectivity index (χ0n) is 10.7. The molecule has 0 aliphatic rings. The zero-order chi connectivity index (χ0) is 14.0. The van der Waals surface area contributed by atoms with Gasteiger partial charge in [0, 0.05) is 12.6 Å². The Morgan fingerprint density at radius 3 is 2.74 bits per heavy atom. The number of ether oxygens (including phenoxy) is 1. The van der Waals surface area contributed by atoms with Gasteiger partial charge in [-0.15, -0.1) is 0 Å². The molecule has 0 amide bonds. The molecule has 4 nitrogen and oxygen atoms in total. The Labute approximate surface area is 122 Å². The molecule has 0 fully saturated rings. The largest absolute Gasteiger partial charge is 0.488 e. The van der Waals surface area contributed by atoms with Gasteiger partial charge >= 0.3 is 0 Å². The number of aryl methyl sites for hydroxylation is 2. The Hall–Kier alpha value is -1.59. The Kier molecular flexibility index (Phi) is 4.07. The van der Waals surface area contributed by atoms with Crippen LogP contribution >= 0.6 is 23.8 Å². The van der Waals surface area contributed by atoms with Crippen molar-refractivity contribution in [3.63, 3.8) is 0 Å². The second-order valence-electron chi connectivity index (χ2n) is 4.13. The van der Waals surface area contributed by atoms with Crippen molar-refractivity contribution in [1.82, 2.24) is 9.78 Å². The van der Waals surface area contributed by atoms with Crippen LogP contribution in [0.2, 0.25) is 5.15 Å². The Bertz CT molecular complexity index is 624. The van der Waals surface area contributed by atoms with Crippen molar-refractivity contribution in [2.75, 3.05) is 0 Å². The van der Waals surface area contributed by atoms with Crippen LogP contribution in [-0.4, -0.2) is 14.8 Å². The van der Waals surface area contributed by atoms with E-state index in [1.54, 1.807) is 11.7 Å². The molecule has 0 radical (unpaired) electrons. The van der Waals surface area contributed by atoms with E-state index in [-0.39, 0.29) is 0 Å². The number of rotatable bonds is 4. The fourth-order valence-corrected chi connectivity index (χ4v) is 2.18. The maximum Gasteiger partial charge on any atom is 0.133 e. The summed E-state index contributed by atoms with van der Waals surface area (Å²) in [4.78, 5) is 0.310. The third-order valence-corrected chi connectivity index (χ3v) is 3.49. The van der Waals surface area contributed by atoms with Gasteiger partial charge in [0.05, 0.1) is 11.3 Å². The number of hydrogen-bond acceptors (Lipinski definition) is 3. The van der Waals surface area contributed by atoms with Crippen molar-refractivity contribution >= 4 is 28.8 Å². The van der Waals surface area contributed by atoms with Gasteiger partial charge in [0.2, 0.25) is 0 Å². The number of thiocarbonyl (C=S) groups is 1. The number of hydrogen-bond donors (Lipinski definition) is 1. The first kappa shape index (κ1) is 13.8. The Morgan fingerprint density at radius 1 is 1.47 bits per heavy atom. The molecule has 19 heavy (non-hydrogen) atoms. The summed E-state index contributed by atoms with van der Waals surface area (Å²) < 4.78 is 7.37. The van der Waals surface area contributed by atoms with Crippen LogP contribution in [0.5, 0.6) is 5.75 Å². The minimum absolute atomic E-state index is 0.310. The maximum absolute atomic E-state index is 6.15. The fraction of sp³-hybridized carbons (Fsp3) is 0.231. The van der Waals surface area contributed by atoms with Gasteiger partial charge in [0.1, 0.15) is 22.5 Å². The molecule has 0 spiro atoms. The van der Waals surface area contributed by atoms with Crippen LogP contribution in [0.4, 0.5) is 0 Å². The molecular formula is C13H14ClN3OS. The number of nitrogens with two attached hydrogens (primary N) is 1. The predicted molar refractivity (Wildman–Crippen MR) is 79.6 cm³/mol. The molecule has 0 bridgehead atoms. The minimum Gasteiger partial charge on any atom is -0.488 e. The van der Waals surface area contributed by atoms with Crippen LogP contribution in [0.25, 0.3) is 0 Å². The first-order chi connectivity index (χ1) is 9.00. The number of halogens is 1. The first-order valence-electron chi connectivity index (χ1n) is 5.70. The molecule has 0 atom stereocenters. The Balaban J connectivity index is 2.22. The van der Waals surface area contributed by atoms with Crippen molar-refractivity contribution in [2.24, 2.45) is 12.8 Å². The average molecular weight is 296 g/mol. The second-order valence-corrected chi connectivity index (χ2v) is 4.93. The lowest BCUT2D eigenvalue weighted by Gasteiger charge is -2.10. The van der Waals surface area contributed by atoms with E-state index >= 15 is 0 Å². The van der Waals surface area contributed by atoms with Gasteiger partial charge in [0.25, 0.3) is 0 Å². The molecule has 1 heterocycles. The lowest BCUT2D eigenvalue weighted by molar-refractivity contribution is 0.305. The van der Waals surface area contributed by atoms with Gasteiger partial charge < -0.3 is 10.5 Å². The minimum atomic E-state index is 0.310. The van der Waals surface area contributed by atoms with E-state index in [0.717, 1.165) is 16.8 Å². The van der Waals surface area contributed by atoms with E-state index in [0.29, 0.717) is 22.5 Å². The van der Waals surface area contributed by atoms with E-state index in [9.17, 15) is 0 Å². The van der Waals surface area contributed by atoms with Gasteiger partial charge in [0.15, 0.2) is 0 Å². The summed E-state index contributed by atoms with van der Waals surface area (Å²) in [6, 6.07) is 7.39. The quantitative estimate of drug-likeness (QED) is 0.881. The fourth-order valence-electron chi connectivity index (χ4n) is 1.78. The molecule has 1 aromatic heterocycles. The van der Waals surface area contributed by atoms with Crippen molar-refractivity contribution in [1.29, 1.82) is 0 Å². The van der Waals surface area contributed by atoms with Gasteiger partial charge in [-0.05, 0) is 19.1 Å². The van der Waals surface area contributed by atoms with Crippen molar-refractivity contribution in [3.8, 4) is 5.75 Å². The summed E-state index contributed by atoms with van der Waals surface area (Å²) in [7, 11) is 1.79. The summed E-state index contributed by atoms with van der Waals surface area (Å²) in [6.45, 7) is 2.22. The van der Waals surface area contributed by atoms with Gasteiger partial charge in [-0.2, -0.15) is 5.10 Å². The summed E-state index contributed by atoms with van der Waals surface area (Å²) in [6.07, 6.45) is 0. The first-order valence-corrected chi connectivity index (χ1v) is 6.49. The molecule has 2 rings (SSSR count). The number of aromatic nitrogens is 2. The van der Waals surface area contributed by atoms with E-state index in [1.165, 1.54) is 0 Å². The van der Waals surface area contributed by atoms with Crippen LogP contribution in [0.15, 0.2) is 24.3 Å². The molecule has 0 aliphatic heterocycles. The highest BCUT2D eigenvalue weighted by Crippen LogP contribution is 2.23. The third-order valence-electron chi connectivity index (χ3n) is 2.79. The maximum atomic E-state index is 6.15. The van der Waals surface area contributed by atoms with Crippen molar-refractivity contribution in [2.45, 2.75) is 13.5 Å². The predicted octanol–water partition coefficient (Wildman–Crippen LogP) is 2.60. The second kappa shape index (κ2) is 5.59. The lowest BCUT2D eigenvalue weighted by atomic mass is 10.2. The summed E-state index contributed by atoms with van der Waals surface area (Å²) in [5, 5.41) is 4.81. The van der Waals surface area contributed by atoms with Crippen LogP contribution < -0.4 is 10.5 Å². The third kappa shape index (κ3) is 2.88. The molecule has 0 unspecified atom stereocenters. The SMILES string of the molecule is Cc1nn(C)c(Cl)c1COc1ccccc1C(N)=S. The van der Waals surface area contributed by atoms with E-state index in [1.807, 2.05) is 31.2 Å². The highest BCUT2D eigenvalue weighted by molar-refractivity contribution is 7.80. The highest BCUT2D eigenvalue weighted by Gasteiger charge is 2.13. The van der Waals surface area contributed by atoms with Crippen LogP contribution in [-0.2, 0) is 13.7 Å². The van der Waals surface area contributed by atoms with E-state index < -0.39 is 0 Å². The van der Waals surface area contributed by atoms with Gasteiger partial charge in [-0.3, -0.25) is 4.68 Å². The normalized spacial score (nSPS) is 10.5. The number of para-hydroxylation sites is 1. The van der Waals surface area contributed by atoms with Crippen molar-refractivity contribution < 1.29 is 4.74 Å². The van der Waals surface area contributed by atoms with E-state index in [4.69, 9.17) is 34.3 Å². The zero-order valence-corrected chi connectivity index (χ0v) is 12.3. The van der Waals surface area contributed by atoms with E-state index in [2.05, 4.69) is 5.10 Å². The summed E-state index contributed by atoms with van der Waals surface area (Å²) in [5.41, 5.74) is 8.08. The van der Waals surface area contributed by atoms with Gasteiger partial charge in [-0.1, -0.05) is 36.0 Å². The van der Waals surface area contributed by atoms with Crippen LogP contribution in [0.1, 0.15) is 16.8 Å². The topological polar surface area (TPSA) is 53.1 Å². The molecule has 0 saturated carbocycles. The lowest BCUT2D eigenvalue weighted by Crippen LogP contribution is -2.11. The van der Waals surface area contributed by atoms with Gasteiger partial charge in [-0.25, -0.2) is 0 Å². The highest BCUT2D eigenvalue weighted by atomic mass is 35.5. The monoisotopic (exact) mass is 295 g/mol. The molecule has 2 aromatic rings.